The first-order chi connectivity index (χ1) is 7.67. The maximum atomic E-state index is 9.55. The second-order valence-electron chi connectivity index (χ2n) is 5.91. The lowest BCUT2D eigenvalue weighted by Gasteiger charge is -2.37. The number of aliphatic hydroxyl groups is 1. The molecule has 3 nitrogen and oxygen atoms in total. The molecule has 16 heavy (non-hydrogen) atoms. The van der Waals surface area contributed by atoms with Gasteiger partial charge in [0.15, 0.2) is 0 Å². The van der Waals surface area contributed by atoms with E-state index in [9.17, 15) is 5.11 Å². The highest BCUT2D eigenvalue weighted by atomic mass is 16.3. The molecule has 1 saturated heterocycles. The molecule has 94 valence electrons. The van der Waals surface area contributed by atoms with Crippen molar-refractivity contribution in [1.29, 1.82) is 0 Å². The van der Waals surface area contributed by atoms with Gasteiger partial charge in [0, 0.05) is 19.1 Å². The fourth-order valence-electron chi connectivity index (χ4n) is 3.26. The van der Waals surface area contributed by atoms with Gasteiger partial charge in [-0.3, -0.25) is 4.90 Å². The number of hydrogen-bond acceptors (Lipinski definition) is 3. The van der Waals surface area contributed by atoms with Gasteiger partial charge in [-0.1, -0.05) is 6.92 Å². The summed E-state index contributed by atoms with van der Waals surface area (Å²) in [6.45, 7) is 7.82. The zero-order chi connectivity index (χ0) is 11.6. The first kappa shape index (κ1) is 12.3. The van der Waals surface area contributed by atoms with Gasteiger partial charge in [0.25, 0.3) is 0 Å². The van der Waals surface area contributed by atoms with Gasteiger partial charge >= 0.3 is 0 Å². The lowest BCUT2D eigenvalue weighted by atomic mass is 10.0. The Kier molecular flexibility index (Phi) is 3.88. The Hall–Kier alpha value is -0.120. The van der Waals surface area contributed by atoms with Crippen LogP contribution in [0.5, 0.6) is 0 Å². The maximum Gasteiger partial charge on any atom is 0.0623 e. The molecule has 0 spiro atoms. The highest BCUT2D eigenvalue weighted by molar-refractivity contribution is 4.96. The molecule has 3 unspecified atom stereocenters. The summed E-state index contributed by atoms with van der Waals surface area (Å²) in [4.78, 5) is 2.59. The van der Waals surface area contributed by atoms with E-state index in [-0.39, 0.29) is 12.1 Å². The van der Waals surface area contributed by atoms with E-state index in [0.717, 1.165) is 31.5 Å². The topological polar surface area (TPSA) is 35.5 Å². The SMILES string of the molecule is CCCNC(C)(CO)CN1CC2CCC1C2. The summed E-state index contributed by atoms with van der Waals surface area (Å²) >= 11 is 0. The average Bonchev–Trinajstić information content (AvgIpc) is 2.88. The molecule has 2 bridgehead atoms. The monoisotopic (exact) mass is 226 g/mol. The molecule has 0 radical (unpaired) electrons. The van der Waals surface area contributed by atoms with Crippen LogP contribution in [0.1, 0.15) is 39.5 Å². The van der Waals surface area contributed by atoms with E-state index in [1.54, 1.807) is 0 Å². The lowest BCUT2D eigenvalue weighted by Crippen LogP contribution is -2.55. The van der Waals surface area contributed by atoms with Crippen molar-refractivity contribution in [2.45, 2.75) is 51.1 Å². The fourth-order valence-corrected chi connectivity index (χ4v) is 3.26. The van der Waals surface area contributed by atoms with Crippen molar-refractivity contribution in [2.24, 2.45) is 5.92 Å². The van der Waals surface area contributed by atoms with E-state index in [4.69, 9.17) is 0 Å². The molecular weight excluding hydrogens is 200 g/mol. The van der Waals surface area contributed by atoms with Crippen LogP contribution >= 0.6 is 0 Å². The minimum absolute atomic E-state index is 0.111. The smallest absolute Gasteiger partial charge is 0.0623 e. The van der Waals surface area contributed by atoms with E-state index in [1.165, 1.54) is 25.8 Å². The van der Waals surface area contributed by atoms with Crippen molar-refractivity contribution in [3.63, 3.8) is 0 Å². The molecule has 2 N–H and O–H groups in total. The molecule has 2 aliphatic rings. The summed E-state index contributed by atoms with van der Waals surface area (Å²) in [5.41, 5.74) is -0.111. The third kappa shape index (κ3) is 2.58. The number of nitrogens with one attached hydrogen (secondary N) is 1. The zero-order valence-electron chi connectivity index (χ0n) is 10.7. The number of piperidine rings is 1. The second-order valence-corrected chi connectivity index (χ2v) is 5.91. The second kappa shape index (κ2) is 5.03. The first-order valence-electron chi connectivity index (χ1n) is 6.77. The number of hydrogen-bond donors (Lipinski definition) is 2. The molecule has 3 atom stereocenters. The van der Waals surface area contributed by atoms with Gasteiger partial charge in [-0.05, 0) is 45.1 Å². The van der Waals surface area contributed by atoms with E-state index >= 15 is 0 Å². The molecule has 1 saturated carbocycles. The van der Waals surface area contributed by atoms with Gasteiger partial charge in [0.05, 0.1) is 12.1 Å². The Labute approximate surface area is 99.2 Å². The number of rotatable bonds is 6. The van der Waals surface area contributed by atoms with Gasteiger partial charge in [0.1, 0.15) is 0 Å². The van der Waals surface area contributed by atoms with Crippen molar-refractivity contribution < 1.29 is 5.11 Å². The van der Waals surface area contributed by atoms with Crippen molar-refractivity contribution >= 4 is 0 Å². The summed E-state index contributed by atoms with van der Waals surface area (Å²) in [6, 6.07) is 0.805. The summed E-state index contributed by atoms with van der Waals surface area (Å²) in [7, 11) is 0. The molecule has 3 heteroatoms. The van der Waals surface area contributed by atoms with Crippen LogP contribution in [0.25, 0.3) is 0 Å². The minimum Gasteiger partial charge on any atom is -0.394 e. The Bertz CT molecular complexity index is 234. The van der Waals surface area contributed by atoms with Crippen LogP contribution in [-0.4, -0.2) is 47.8 Å². The number of aliphatic hydroxyl groups excluding tert-OH is 1. The Balaban J connectivity index is 1.86. The predicted molar refractivity (Wildman–Crippen MR) is 66.5 cm³/mol. The largest absolute Gasteiger partial charge is 0.394 e. The van der Waals surface area contributed by atoms with Crippen LogP contribution in [-0.2, 0) is 0 Å². The molecule has 1 heterocycles. The fraction of sp³-hybridized carbons (Fsp3) is 1.00. The third-order valence-electron chi connectivity index (χ3n) is 4.23. The number of likely N-dealkylation sites (tertiary alicyclic amines) is 1. The maximum absolute atomic E-state index is 9.55. The molecule has 2 fully saturated rings. The van der Waals surface area contributed by atoms with Gasteiger partial charge in [-0.2, -0.15) is 0 Å². The van der Waals surface area contributed by atoms with Gasteiger partial charge in [-0.25, -0.2) is 0 Å². The van der Waals surface area contributed by atoms with Crippen molar-refractivity contribution in [1.82, 2.24) is 10.2 Å². The standard InChI is InChI=1S/C13H26N2O/c1-3-6-14-13(2,10-16)9-15-8-11-4-5-12(15)7-11/h11-12,14,16H,3-10H2,1-2H3. The van der Waals surface area contributed by atoms with Crippen LogP contribution in [0.2, 0.25) is 0 Å². The molecule has 1 aliphatic carbocycles. The van der Waals surface area contributed by atoms with Crippen molar-refractivity contribution in [3.8, 4) is 0 Å². The van der Waals surface area contributed by atoms with Crippen molar-refractivity contribution in [2.75, 3.05) is 26.2 Å². The lowest BCUT2D eigenvalue weighted by molar-refractivity contribution is 0.102. The summed E-state index contributed by atoms with van der Waals surface area (Å²) in [5, 5.41) is 13.0. The first-order valence-corrected chi connectivity index (χ1v) is 6.77. The molecule has 1 aliphatic heterocycles. The van der Waals surface area contributed by atoms with E-state index in [1.807, 2.05) is 0 Å². The normalized spacial score (nSPS) is 33.2. The molecule has 0 aromatic carbocycles. The van der Waals surface area contributed by atoms with E-state index in [0.29, 0.717) is 0 Å². The van der Waals surface area contributed by atoms with Gasteiger partial charge in [-0.15, -0.1) is 0 Å². The Morgan fingerprint density at radius 1 is 1.44 bits per heavy atom. The highest BCUT2D eigenvalue weighted by Crippen LogP contribution is 2.37. The Morgan fingerprint density at radius 2 is 2.25 bits per heavy atom. The quantitative estimate of drug-likeness (QED) is 0.715. The Morgan fingerprint density at radius 3 is 2.75 bits per heavy atom. The summed E-state index contributed by atoms with van der Waals surface area (Å²) in [6.07, 6.45) is 5.33. The number of fused-ring (bicyclic) bond motifs is 2. The van der Waals surface area contributed by atoms with Crippen LogP contribution in [0.15, 0.2) is 0 Å². The number of nitrogens with zero attached hydrogens (tertiary/aromatic N) is 1. The third-order valence-corrected chi connectivity index (χ3v) is 4.23. The molecule has 0 amide bonds. The molecule has 2 rings (SSSR count). The molecular formula is C13H26N2O. The highest BCUT2D eigenvalue weighted by Gasteiger charge is 2.40. The zero-order valence-corrected chi connectivity index (χ0v) is 10.7. The average molecular weight is 226 g/mol. The summed E-state index contributed by atoms with van der Waals surface area (Å²) < 4.78 is 0. The van der Waals surface area contributed by atoms with Crippen molar-refractivity contribution in [3.05, 3.63) is 0 Å². The molecule has 0 aromatic rings. The predicted octanol–water partition coefficient (Wildman–Crippen LogP) is 1.22. The van der Waals surface area contributed by atoms with Gasteiger partial charge in [0.2, 0.25) is 0 Å². The molecule has 0 aromatic heterocycles. The van der Waals surface area contributed by atoms with E-state index in [2.05, 4.69) is 24.1 Å². The van der Waals surface area contributed by atoms with E-state index < -0.39 is 0 Å². The van der Waals surface area contributed by atoms with Crippen LogP contribution in [0, 0.1) is 5.92 Å². The van der Waals surface area contributed by atoms with Crippen LogP contribution in [0.4, 0.5) is 0 Å². The minimum atomic E-state index is -0.111. The van der Waals surface area contributed by atoms with Gasteiger partial charge < -0.3 is 10.4 Å². The summed E-state index contributed by atoms with van der Waals surface area (Å²) in [5.74, 6) is 0.944. The van der Waals surface area contributed by atoms with Crippen LogP contribution in [0.3, 0.4) is 0 Å². The van der Waals surface area contributed by atoms with Crippen LogP contribution < -0.4 is 5.32 Å².